The molecule has 0 radical (unpaired) electrons. The molecule has 0 bridgehead atoms. The number of anilines is 1. The Morgan fingerprint density at radius 2 is 2.00 bits per heavy atom. The Kier molecular flexibility index (Phi) is 5.43. The van der Waals surface area contributed by atoms with Crippen molar-refractivity contribution in [1.29, 1.82) is 0 Å². The first-order chi connectivity index (χ1) is 14.5. The molecule has 0 spiro atoms. The van der Waals surface area contributed by atoms with Gasteiger partial charge in [-0.1, -0.05) is 0 Å². The number of hydrogen-bond donors (Lipinski definition) is 4. The van der Waals surface area contributed by atoms with Crippen LogP contribution in [0.2, 0.25) is 0 Å². The van der Waals surface area contributed by atoms with E-state index < -0.39 is 49.0 Å². The predicted octanol–water partition coefficient (Wildman–Crippen LogP) is -1.19. The van der Waals surface area contributed by atoms with Crippen LogP contribution < -0.4 is 16.0 Å². The standard InChI is InChI=1S/C16H19N7O7/c1-2-17-16(27)22-12-8-13(20-4-19-12)23(5-21-8)15-11-9(28-6-29-11)10(30-15)14(26)18-3-7(24)25/h4-5,9-11,15H,2-3,6H2,1H3,(H,18,26)(H,24,25)(H2,17,19,20,22,27). The molecule has 2 aromatic rings. The second kappa shape index (κ2) is 8.17. The van der Waals surface area contributed by atoms with Gasteiger partial charge in [0.05, 0.1) is 6.33 Å². The van der Waals surface area contributed by atoms with Gasteiger partial charge in [-0.05, 0) is 6.92 Å². The molecule has 4 unspecified atom stereocenters. The molecule has 4 atom stereocenters. The van der Waals surface area contributed by atoms with E-state index in [1.165, 1.54) is 12.7 Å². The number of nitrogens with one attached hydrogen (secondary N) is 3. The molecule has 14 nitrogen and oxygen atoms in total. The van der Waals surface area contributed by atoms with Gasteiger partial charge in [0.15, 0.2) is 29.3 Å². The molecule has 4 heterocycles. The maximum Gasteiger partial charge on any atom is 0.322 e. The molecule has 4 N–H and O–H groups in total. The molecule has 2 aliphatic rings. The highest BCUT2D eigenvalue weighted by Gasteiger charge is 2.53. The minimum atomic E-state index is -1.18. The molecule has 14 heteroatoms. The quantitative estimate of drug-likeness (QED) is 0.443. The maximum absolute atomic E-state index is 12.4. The third kappa shape index (κ3) is 3.62. The highest BCUT2D eigenvalue weighted by atomic mass is 16.7. The lowest BCUT2D eigenvalue weighted by atomic mass is 10.1. The summed E-state index contributed by atoms with van der Waals surface area (Å²) in [6.45, 7) is 1.64. The molecular formula is C16H19N7O7. The summed E-state index contributed by atoms with van der Waals surface area (Å²) >= 11 is 0. The normalized spacial score (nSPS) is 25.1. The van der Waals surface area contributed by atoms with Crippen LogP contribution in [0.5, 0.6) is 0 Å². The molecule has 2 fully saturated rings. The van der Waals surface area contributed by atoms with E-state index in [1.807, 2.05) is 0 Å². The van der Waals surface area contributed by atoms with E-state index in [9.17, 15) is 14.4 Å². The van der Waals surface area contributed by atoms with Crippen LogP contribution in [0.15, 0.2) is 12.7 Å². The number of carboxylic acid groups (broad SMARTS) is 1. The van der Waals surface area contributed by atoms with Gasteiger partial charge in [-0.2, -0.15) is 0 Å². The summed E-state index contributed by atoms with van der Waals surface area (Å²) in [6.07, 6.45) is -0.557. The van der Waals surface area contributed by atoms with Crippen molar-refractivity contribution in [3.05, 3.63) is 12.7 Å². The van der Waals surface area contributed by atoms with Crippen LogP contribution >= 0.6 is 0 Å². The van der Waals surface area contributed by atoms with Gasteiger partial charge in [0.2, 0.25) is 0 Å². The third-order valence-corrected chi connectivity index (χ3v) is 4.58. The van der Waals surface area contributed by atoms with Crippen molar-refractivity contribution >= 4 is 34.9 Å². The summed E-state index contributed by atoms with van der Waals surface area (Å²) < 4.78 is 18.4. The Hall–Kier alpha value is -3.36. The highest BCUT2D eigenvalue weighted by Crippen LogP contribution is 2.38. The zero-order valence-corrected chi connectivity index (χ0v) is 15.8. The first-order valence-electron chi connectivity index (χ1n) is 9.10. The van der Waals surface area contributed by atoms with Crippen molar-refractivity contribution in [3.8, 4) is 0 Å². The van der Waals surface area contributed by atoms with Crippen LogP contribution in [0.25, 0.3) is 11.2 Å². The molecule has 160 valence electrons. The summed E-state index contributed by atoms with van der Waals surface area (Å²) in [7, 11) is 0. The van der Waals surface area contributed by atoms with Crippen molar-refractivity contribution in [2.45, 2.75) is 31.5 Å². The van der Waals surface area contributed by atoms with Crippen molar-refractivity contribution in [2.24, 2.45) is 0 Å². The van der Waals surface area contributed by atoms with Gasteiger partial charge < -0.3 is 30.0 Å². The molecule has 2 saturated heterocycles. The van der Waals surface area contributed by atoms with Gasteiger partial charge >= 0.3 is 12.0 Å². The summed E-state index contributed by atoms with van der Waals surface area (Å²) in [5, 5.41) is 16.2. The number of aliphatic carboxylic acids is 1. The number of urea groups is 1. The minimum Gasteiger partial charge on any atom is -0.480 e. The van der Waals surface area contributed by atoms with Crippen molar-refractivity contribution in [1.82, 2.24) is 30.2 Å². The van der Waals surface area contributed by atoms with Crippen LogP contribution in [0, 0.1) is 0 Å². The molecule has 0 aliphatic carbocycles. The first-order valence-corrected chi connectivity index (χ1v) is 9.10. The van der Waals surface area contributed by atoms with Crippen LogP contribution in [0.3, 0.4) is 0 Å². The van der Waals surface area contributed by atoms with E-state index in [1.54, 1.807) is 11.5 Å². The number of amides is 3. The number of fused-ring (bicyclic) bond motifs is 2. The first kappa shape index (κ1) is 19.9. The third-order valence-electron chi connectivity index (χ3n) is 4.58. The number of nitrogens with zero attached hydrogens (tertiary/aromatic N) is 4. The van der Waals surface area contributed by atoms with E-state index in [2.05, 4.69) is 30.9 Å². The highest BCUT2D eigenvalue weighted by molar-refractivity contribution is 5.95. The average molecular weight is 421 g/mol. The Labute approximate surface area is 168 Å². The number of carboxylic acids is 1. The number of ether oxygens (including phenoxy) is 3. The lowest BCUT2D eigenvalue weighted by molar-refractivity contribution is -0.148. The molecule has 0 saturated carbocycles. The molecule has 0 aromatic carbocycles. The second-order valence-electron chi connectivity index (χ2n) is 6.47. The lowest BCUT2D eigenvalue weighted by Gasteiger charge is -2.18. The SMILES string of the molecule is CCNC(=O)Nc1ncnc2c1ncn2C1OC(C(=O)NCC(=O)O)C2OCOC21. The number of carbonyl (C=O) groups excluding carboxylic acids is 2. The zero-order valence-electron chi connectivity index (χ0n) is 15.8. The van der Waals surface area contributed by atoms with E-state index in [0.29, 0.717) is 17.7 Å². The fourth-order valence-corrected chi connectivity index (χ4v) is 3.34. The number of hydrogen-bond acceptors (Lipinski definition) is 9. The van der Waals surface area contributed by atoms with Gasteiger partial charge in [0.1, 0.15) is 31.9 Å². The maximum atomic E-state index is 12.4. The summed E-state index contributed by atoms with van der Waals surface area (Å²) in [4.78, 5) is 47.4. The largest absolute Gasteiger partial charge is 0.480 e. The number of rotatable bonds is 6. The molecule has 2 aromatic heterocycles. The summed E-state index contributed by atoms with van der Waals surface area (Å²) in [5.74, 6) is -1.60. The second-order valence-corrected chi connectivity index (χ2v) is 6.47. The van der Waals surface area contributed by atoms with Crippen molar-refractivity contribution < 1.29 is 33.7 Å². The molecular weight excluding hydrogens is 402 g/mol. The van der Waals surface area contributed by atoms with Gasteiger partial charge in [-0.15, -0.1) is 0 Å². The number of imidazole rings is 1. The van der Waals surface area contributed by atoms with E-state index >= 15 is 0 Å². The van der Waals surface area contributed by atoms with Crippen LogP contribution in [0.1, 0.15) is 13.2 Å². The van der Waals surface area contributed by atoms with E-state index in [4.69, 9.17) is 19.3 Å². The van der Waals surface area contributed by atoms with Crippen molar-refractivity contribution in [2.75, 3.05) is 25.2 Å². The number of aromatic nitrogens is 4. The van der Waals surface area contributed by atoms with Crippen LogP contribution in [-0.4, -0.2) is 80.7 Å². The average Bonchev–Trinajstić information content (AvgIpc) is 3.41. The molecule has 2 aliphatic heterocycles. The van der Waals surface area contributed by atoms with Gasteiger partial charge in [0, 0.05) is 6.54 Å². The monoisotopic (exact) mass is 421 g/mol. The smallest absolute Gasteiger partial charge is 0.322 e. The Balaban J connectivity index is 1.60. The molecule has 30 heavy (non-hydrogen) atoms. The zero-order chi connectivity index (χ0) is 21.3. The van der Waals surface area contributed by atoms with Gasteiger partial charge in [-0.25, -0.2) is 19.7 Å². The fourth-order valence-electron chi connectivity index (χ4n) is 3.34. The Morgan fingerprint density at radius 3 is 2.77 bits per heavy atom. The van der Waals surface area contributed by atoms with Gasteiger partial charge in [-0.3, -0.25) is 19.5 Å². The Bertz CT molecular complexity index is 980. The lowest BCUT2D eigenvalue weighted by Crippen LogP contribution is -2.43. The summed E-state index contributed by atoms with van der Waals surface area (Å²) in [5.41, 5.74) is 0.671. The van der Waals surface area contributed by atoms with Crippen molar-refractivity contribution in [3.63, 3.8) is 0 Å². The van der Waals surface area contributed by atoms with Crippen LogP contribution in [-0.2, 0) is 23.8 Å². The number of carbonyl (C=O) groups is 3. The summed E-state index contributed by atoms with van der Waals surface area (Å²) in [6, 6.07) is -0.438. The molecule has 3 amide bonds. The molecule has 4 rings (SSSR count). The Morgan fingerprint density at radius 1 is 1.20 bits per heavy atom. The van der Waals surface area contributed by atoms with E-state index in [0.717, 1.165) is 0 Å². The minimum absolute atomic E-state index is 0.0382. The fraction of sp³-hybridized carbons (Fsp3) is 0.500. The van der Waals surface area contributed by atoms with Gasteiger partial charge in [0.25, 0.3) is 5.91 Å². The topological polar surface area (TPSA) is 179 Å². The van der Waals surface area contributed by atoms with Crippen LogP contribution in [0.4, 0.5) is 10.6 Å². The predicted molar refractivity (Wildman–Crippen MR) is 97.2 cm³/mol. The van der Waals surface area contributed by atoms with E-state index in [-0.39, 0.29) is 12.6 Å².